The molecule has 28 heteroatoms. The first-order chi connectivity index (χ1) is 43.6. The Morgan fingerprint density at radius 3 is 1.30 bits per heavy atom. The highest BCUT2D eigenvalue weighted by Gasteiger charge is 2.23. The van der Waals surface area contributed by atoms with Crippen molar-refractivity contribution in [1.29, 1.82) is 0 Å². The van der Waals surface area contributed by atoms with E-state index in [0.29, 0.717) is 11.6 Å². The Morgan fingerprint density at radius 1 is 0.500 bits per heavy atom. The van der Waals surface area contributed by atoms with Gasteiger partial charge in [0.15, 0.2) is 23.3 Å². The van der Waals surface area contributed by atoms with Gasteiger partial charge in [0.05, 0.1) is 71.5 Å². The molecule has 8 aromatic heterocycles. The summed E-state index contributed by atoms with van der Waals surface area (Å²) in [5.74, 6) is -5.20. The number of fused-ring (bicyclic) bond motifs is 2. The largest absolute Gasteiger partial charge is 0.478 e. The van der Waals surface area contributed by atoms with Crippen LogP contribution in [0.1, 0.15) is 54.6 Å². The number of hydrogen-bond acceptors (Lipinski definition) is 16. The standard InChI is InChI=1S/2C31H24F3N7O4/c2*1-44-10-9-40-26-13-20(31(42)43)12-24(34)30(26)38-28(40)14-19-11-23(33)21(15-22(19)32)25-3-2-4-29(37-25)45-17-18-5-6-27(35-16-18)41-8-7-36-39-41/h2*2-8,11-13,15-16H,9-10,14,17H2,1H3,(H,42,43). The summed E-state index contributed by atoms with van der Waals surface area (Å²) in [4.78, 5) is 48.9. The average Bonchev–Trinajstić information content (AvgIpc) is 4.01. The van der Waals surface area contributed by atoms with Gasteiger partial charge < -0.3 is 38.3 Å². The summed E-state index contributed by atoms with van der Waals surface area (Å²) in [7, 11) is 2.94. The molecule has 4 aromatic carbocycles. The molecule has 0 saturated heterocycles. The quantitative estimate of drug-likeness (QED) is 0.0598. The minimum Gasteiger partial charge on any atom is -0.478 e. The maximum Gasteiger partial charge on any atom is 0.335 e. The van der Waals surface area contributed by atoms with Gasteiger partial charge in [0.25, 0.3) is 0 Å². The molecule has 0 bridgehead atoms. The maximum atomic E-state index is 15.4. The summed E-state index contributed by atoms with van der Waals surface area (Å²) >= 11 is 0. The molecule has 2 N–H and O–H groups in total. The van der Waals surface area contributed by atoms with Crippen molar-refractivity contribution in [1.82, 2.24) is 69.0 Å². The summed E-state index contributed by atoms with van der Waals surface area (Å²) < 4.78 is 119. The minimum atomic E-state index is -1.31. The predicted octanol–water partition coefficient (Wildman–Crippen LogP) is 10.0. The Kier molecular flexibility index (Phi) is 18.0. The fraction of sp³-hybridized carbons (Fsp3) is 0.161. The Hall–Kier alpha value is -11.3. The predicted molar refractivity (Wildman–Crippen MR) is 309 cm³/mol. The van der Waals surface area contributed by atoms with Crippen LogP contribution in [0.5, 0.6) is 11.8 Å². The van der Waals surface area contributed by atoms with Crippen LogP contribution in [-0.2, 0) is 48.6 Å². The number of halogens is 6. The number of pyridine rings is 4. The molecule has 0 radical (unpaired) electrons. The van der Waals surface area contributed by atoms with Crippen molar-refractivity contribution >= 4 is 34.0 Å². The van der Waals surface area contributed by atoms with Crippen LogP contribution in [0, 0.1) is 34.9 Å². The fourth-order valence-electron chi connectivity index (χ4n) is 9.56. The fourth-order valence-corrected chi connectivity index (χ4v) is 9.56. The Morgan fingerprint density at radius 2 is 0.933 bits per heavy atom. The molecule has 0 spiro atoms. The summed E-state index contributed by atoms with van der Waals surface area (Å²) in [5.41, 5.74) is 1.35. The molecule has 12 aromatic rings. The average molecular weight is 1230 g/mol. The second kappa shape index (κ2) is 26.8. The number of carboxylic acids is 2. The zero-order chi connectivity index (χ0) is 63.0. The zero-order valence-electron chi connectivity index (χ0n) is 47.4. The molecule has 0 atom stereocenters. The van der Waals surface area contributed by atoms with Gasteiger partial charge in [0.1, 0.15) is 59.2 Å². The van der Waals surface area contributed by atoms with E-state index in [1.807, 2.05) is 12.1 Å². The highest BCUT2D eigenvalue weighted by Crippen LogP contribution is 2.32. The number of aromatic nitrogens is 14. The summed E-state index contributed by atoms with van der Waals surface area (Å²) in [6, 6.07) is 25.1. The van der Waals surface area contributed by atoms with Crippen molar-refractivity contribution in [2.45, 2.75) is 39.1 Å². The molecule has 0 amide bonds. The van der Waals surface area contributed by atoms with Crippen molar-refractivity contribution in [3.63, 3.8) is 0 Å². The first kappa shape index (κ1) is 60.4. The monoisotopic (exact) mass is 1230 g/mol. The number of hydrogen-bond donors (Lipinski definition) is 2. The molecule has 0 aliphatic heterocycles. The van der Waals surface area contributed by atoms with E-state index in [0.717, 1.165) is 47.5 Å². The van der Waals surface area contributed by atoms with Crippen LogP contribution in [0.15, 0.2) is 146 Å². The van der Waals surface area contributed by atoms with E-state index in [1.165, 1.54) is 47.8 Å². The lowest BCUT2D eigenvalue weighted by Gasteiger charge is -2.12. The third-order valence-corrected chi connectivity index (χ3v) is 14.0. The number of carbonyl (C=O) groups is 2. The Bertz CT molecular complexity index is 4280. The van der Waals surface area contributed by atoms with Gasteiger partial charge in [-0.05, 0) is 83.9 Å². The lowest BCUT2D eigenvalue weighted by Crippen LogP contribution is -2.10. The number of methoxy groups -OCH3 is 2. The number of ether oxygens (including phenoxy) is 4. The van der Waals surface area contributed by atoms with E-state index in [2.05, 4.69) is 50.5 Å². The SMILES string of the molecule is COCCn1c(Cc2cc(F)c(-c3cccc(OCc4ccc(-n5ccnn5)nc4)n3)cc2F)nc2c(F)cc(C(=O)O)cc21.COCCn1c(Cc2cc(F)c(-c3cccc(OCc4ccc(-n5ccnn5)nc4)n3)cc2F)nc2c(F)cc(C(=O)O)cc21. The molecule has 456 valence electrons. The van der Waals surface area contributed by atoms with Gasteiger partial charge in [-0.1, -0.05) is 34.7 Å². The number of carboxylic acid groups (broad SMARTS) is 2. The third-order valence-electron chi connectivity index (χ3n) is 14.0. The molecular formula is C62H48F6N14O8. The molecule has 8 heterocycles. The molecule has 90 heavy (non-hydrogen) atoms. The number of rotatable bonds is 22. The third kappa shape index (κ3) is 13.5. The van der Waals surface area contributed by atoms with E-state index >= 15 is 17.6 Å². The van der Waals surface area contributed by atoms with E-state index in [1.54, 1.807) is 82.7 Å². The van der Waals surface area contributed by atoms with Crippen LogP contribution >= 0.6 is 0 Å². The zero-order valence-corrected chi connectivity index (χ0v) is 47.4. The lowest BCUT2D eigenvalue weighted by atomic mass is 10.0. The highest BCUT2D eigenvalue weighted by molar-refractivity contribution is 5.93. The van der Waals surface area contributed by atoms with Crippen LogP contribution in [0.25, 0.3) is 56.2 Å². The summed E-state index contributed by atoms with van der Waals surface area (Å²) in [6.45, 7) is 1.03. The van der Waals surface area contributed by atoms with Crippen molar-refractivity contribution in [2.75, 3.05) is 27.4 Å². The van der Waals surface area contributed by atoms with Crippen molar-refractivity contribution < 1.29 is 65.1 Å². The second-order valence-corrected chi connectivity index (χ2v) is 19.9. The normalized spacial score (nSPS) is 11.3. The van der Waals surface area contributed by atoms with Gasteiger partial charge >= 0.3 is 11.9 Å². The van der Waals surface area contributed by atoms with Gasteiger partial charge in [0, 0.05) is 86.9 Å². The van der Waals surface area contributed by atoms with Crippen molar-refractivity contribution in [3.05, 3.63) is 226 Å². The van der Waals surface area contributed by atoms with Crippen LogP contribution in [0.4, 0.5) is 26.3 Å². The number of aromatic carboxylic acids is 2. The van der Waals surface area contributed by atoms with Gasteiger partial charge in [-0.25, -0.2) is 75.2 Å². The van der Waals surface area contributed by atoms with E-state index in [9.17, 15) is 28.6 Å². The molecule has 0 aliphatic carbocycles. The molecule has 0 saturated carbocycles. The maximum absolute atomic E-state index is 15.4. The van der Waals surface area contributed by atoms with Crippen LogP contribution in [0.2, 0.25) is 0 Å². The van der Waals surface area contributed by atoms with Gasteiger partial charge in [-0.3, -0.25) is 0 Å². The topological polar surface area (TPSA) is 260 Å². The number of imidazole rings is 2. The first-order valence-electron chi connectivity index (χ1n) is 27.2. The van der Waals surface area contributed by atoms with E-state index in [-0.39, 0.29) is 143 Å². The van der Waals surface area contributed by atoms with E-state index in [4.69, 9.17) is 18.9 Å². The highest BCUT2D eigenvalue weighted by atomic mass is 19.1. The number of benzene rings is 4. The second-order valence-electron chi connectivity index (χ2n) is 19.9. The smallest absolute Gasteiger partial charge is 0.335 e. The molecular weight excluding hydrogens is 1180 g/mol. The van der Waals surface area contributed by atoms with Gasteiger partial charge in [0.2, 0.25) is 11.8 Å². The van der Waals surface area contributed by atoms with Crippen molar-refractivity contribution in [3.8, 4) is 45.9 Å². The summed E-state index contributed by atoms with van der Waals surface area (Å²) in [6.07, 6.45) is 9.29. The minimum absolute atomic E-state index is 0.0293. The Labute approximate surface area is 505 Å². The van der Waals surface area contributed by atoms with Gasteiger partial charge in [-0.15, -0.1) is 10.2 Å². The first-order valence-corrected chi connectivity index (χ1v) is 27.2. The number of nitrogens with zero attached hydrogens (tertiary/aromatic N) is 14. The molecule has 12 rings (SSSR count). The molecule has 22 nitrogen and oxygen atoms in total. The Balaban J connectivity index is 0.000000185. The molecule has 0 unspecified atom stereocenters. The lowest BCUT2D eigenvalue weighted by molar-refractivity contribution is 0.0686. The summed E-state index contributed by atoms with van der Waals surface area (Å²) in [5, 5.41) is 34.0. The van der Waals surface area contributed by atoms with Crippen LogP contribution in [-0.4, -0.2) is 119 Å². The van der Waals surface area contributed by atoms with E-state index < -0.39 is 46.8 Å². The van der Waals surface area contributed by atoms with Crippen LogP contribution in [0.3, 0.4) is 0 Å². The van der Waals surface area contributed by atoms with Crippen molar-refractivity contribution in [2.24, 2.45) is 0 Å². The molecule has 0 aliphatic rings. The van der Waals surface area contributed by atoms with Gasteiger partial charge in [-0.2, -0.15) is 0 Å². The van der Waals surface area contributed by atoms with Crippen LogP contribution < -0.4 is 9.47 Å². The molecule has 0 fully saturated rings.